The van der Waals surface area contributed by atoms with E-state index in [-0.39, 0.29) is 0 Å². The van der Waals surface area contributed by atoms with Gasteiger partial charge >= 0.3 is 0 Å². The Hall–Kier alpha value is 0. The lowest BCUT2D eigenvalue weighted by Gasteiger charge is -2.30. The van der Waals surface area contributed by atoms with Crippen LogP contribution in [-0.2, 0) is 0 Å². The van der Waals surface area contributed by atoms with Crippen LogP contribution < -0.4 is 0 Å². The van der Waals surface area contributed by atoms with Crippen LogP contribution in [0.5, 0.6) is 0 Å². The third-order valence-corrected chi connectivity index (χ3v) is 2.12. The van der Waals surface area contributed by atoms with Crippen molar-refractivity contribution in [1.82, 2.24) is 0 Å². The van der Waals surface area contributed by atoms with Crippen LogP contribution in [0.1, 0.15) is 12.8 Å². The van der Waals surface area contributed by atoms with Crippen molar-refractivity contribution in [1.29, 1.82) is 0 Å². The fourth-order valence-electron chi connectivity index (χ4n) is 1.05. The quantitative estimate of drug-likeness (QED) is 0.617. The van der Waals surface area contributed by atoms with Crippen molar-refractivity contribution >= 4 is 15.9 Å². The molecule has 1 aliphatic rings. The molecule has 1 rings (SSSR count). The Bertz CT molecular complexity index is 143. The van der Waals surface area contributed by atoms with Gasteiger partial charge in [0.1, 0.15) is 0 Å². The second-order valence-electron chi connectivity index (χ2n) is 2.37. The highest BCUT2D eigenvalue weighted by molar-refractivity contribution is 9.12. The zero-order chi connectivity index (χ0) is 6.69. The molecular weight excluding hydrogens is 180 g/mol. The number of halogens is 1. The first-order chi connectivity index (χ1) is 4.38. The lowest BCUT2D eigenvalue weighted by Crippen LogP contribution is -2.27. The maximum absolute atomic E-state index is 8.70. The molecule has 1 aliphatic carbocycles. The molecule has 0 spiro atoms. The molecule has 1 nitrogen and oxygen atoms in total. The minimum absolute atomic E-state index is 0.298. The largest absolute Gasteiger partial charge is 0.396 e. The predicted molar refractivity (Wildman–Crippen MR) is 40.0 cm³/mol. The molecule has 0 bridgehead atoms. The first kappa shape index (κ1) is 7.11. The highest BCUT2D eigenvalue weighted by Gasteiger charge is 2.28. The van der Waals surface area contributed by atoms with E-state index in [0.717, 1.165) is 12.8 Å². The molecular formula is C7H9BrO. The molecule has 1 saturated carbocycles. The third kappa shape index (κ3) is 1.47. The molecule has 9 heavy (non-hydrogen) atoms. The van der Waals surface area contributed by atoms with Crippen molar-refractivity contribution in [2.24, 2.45) is 11.8 Å². The smallest absolute Gasteiger partial charge is 0.0471 e. The van der Waals surface area contributed by atoms with Crippen LogP contribution >= 0.6 is 15.9 Å². The van der Waals surface area contributed by atoms with Gasteiger partial charge in [-0.25, -0.2) is 0 Å². The van der Waals surface area contributed by atoms with E-state index in [9.17, 15) is 0 Å². The van der Waals surface area contributed by atoms with E-state index in [4.69, 9.17) is 5.11 Å². The lowest BCUT2D eigenvalue weighted by atomic mass is 9.75. The number of hydrogen-bond donors (Lipinski definition) is 1. The predicted octanol–water partition coefficient (Wildman–Crippen LogP) is 1.36. The van der Waals surface area contributed by atoms with Crippen LogP contribution in [0, 0.1) is 22.6 Å². The fourth-order valence-corrected chi connectivity index (χ4v) is 1.34. The summed E-state index contributed by atoms with van der Waals surface area (Å²) in [7, 11) is 0. The monoisotopic (exact) mass is 188 g/mol. The van der Waals surface area contributed by atoms with Gasteiger partial charge in [0.15, 0.2) is 0 Å². The molecule has 0 aromatic rings. The van der Waals surface area contributed by atoms with E-state index in [0.29, 0.717) is 18.4 Å². The van der Waals surface area contributed by atoms with Gasteiger partial charge in [-0.15, -0.1) is 0 Å². The number of aliphatic hydroxyl groups is 1. The summed E-state index contributed by atoms with van der Waals surface area (Å²) in [5.74, 6) is 3.90. The zero-order valence-electron chi connectivity index (χ0n) is 5.10. The first-order valence-corrected chi connectivity index (χ1v) is 3.89. The number of hydrogen-bond acceptors (Lipinski definition) is 1. The van der Waals surface area contributed by atoms with E-state index in [1.54, 1.807) is 0 Å². The van der Waals surface area contributed by atoms with Gasteiger partial charge in [-0.2, -0.15) is 0 Å². The van der Waals surface area contributed by atoms with Crippen LogP contribution in [0.3, 0.4) is 0 Å². The average molecular weight is 189 g/mol. The maximum atomic E-state index is 8.70. The second kappa shape index (κ2) is 3.24. The van der Waals surface area contributed by atoms with Crippen molar-refractivity contribution in [2.75, 3.05) is 6.61 Å². The Morgan fingerprint density at radius 1 is 1.56 bits per heavy atom. The summed E-state index contributed by atoms with van der Waals surface area (Å²) in [4.78, 5) is 2.69. The van der Waals surface area contributed by atoms with E-state index < -0.39 is 0 Å². The summed E-state index contributed by atoms with van der Waals surface area (Å²) in [5.41, 5.74) is 0. The highest BCUT2D eigenvalue weighted by atomic mass is 79.9. The van der Waals surface area contributed by atoms with E-state index in [1.165, 1.54) is 0 Å². The summed E-state index contributed by atoms with van der Waals surface area (Å²) in [6, 6.07) is 0. The van der Waals surface area contributed by atoms with Gasteiger partial charge in [0.05, 0.1) is 0 Å². The molecule has 0 radical (unpaired) electrons. The summed E-state index contributed by atoms with van der Waals surface area (Å²) in [6.45, 7) is 0.298. The Kier molecular flexibility index (Phi) is 2.56. The molecule has 0 heterocycles. The molecule has 0 amide bonds. The molecule has 1 N–H and O–H groups in total. The average Bonchev–Trinajstić information content (AvgIpc) is 1.82. The van der Waals surface area contributed by atoms with Gasteiger partial charge in [-0.3, -0.25) is 0 Å². The zero-order valence-corrected chi connectivity index (χ0v) is 6.69. The van der Waals surface area contributed by atoms with Crippen molar-refractivity contribution in [2.45, 2.75) is 12.8 Å². The molecule has 2 atom stereocenters. The second-order valence-corrected chi connectivity index (χ2v) is 2.76. The standard InChI is InChI=1S/C7H9BrO/c8-4-3-6-1-2-7(6)5-9/h6-7,9H,1-2,5H2/t6-,7?/m0/s1. The molecule has 0 aromatic heterocycles. The molecule has 1 unspecified atom stereocenters. The van der Waals surface area contributed by atoms with Crippen molar-refractivity contribution in [3.05, 3.63) is 0 Å². The van der Waals surface area contributed by atoms with Crippen molar-refractivity contribution < 1.29 is 5.11 Å². The van der Waals surface area contributed by atoms with Gasteiger partial charge in [-0.1, -0.05) is 5.92 Å². The van der Waals surface area contributed by atoms with Crippen LogP contribution in [0.4, 0.5) is 0 Å². The fraction of sp³-hybridized carbons (Fsp3) is 0.714. The Labute approximate surface area is 63.6 Å². The molecule has 2 heteroatoms. The Morgan fingerprint density at radius 3 is 2.67 bits per heavy atom. The molecule has 0 saturated heterocycles. The summed E-state index contributed by atoms with van der Waals surface area (Å²) in [6.07, 6.45) is 2.30. The normalized spacial score (nSPS) is 32.2. The summed E-state index contributed by atoms with van der Waals surface area (Å²) < 4.78 is 0. The Balaban J connectivity index is 2.33. The van der Waals surface area contributed by atoms with Crippen molar-refractivity contribution in [3.8, 4) is 10.8 Å². The van der Waals surface area contributed by atoms with Gasteiger partial charge in [0, 0.05) is 28.5 Å². The Morgan fingerprint density at radius 2 is 2.33 bits per heavy atom. The minimum atomic E-state index is 0.298. The number of rotatable bonds is 1. The van der Waals surface area contributed by atoms with E-state index >= 15 is 0 Å². The topological polar surface area (TPSA) is 20.2 Å². The SMILES string of the molecule is OCC1CC[C@H]1C#CBr. The van der Waals surface area contributed by atoms with Gasteiger partial charge in [0.25, 0.3) is 0 Å². The van der Waals surface area contributed by atoms with Gasteiger partial charge < -0.3 is 5.11 Å². The van der Waals surface area contributed by atoms with E-state index in [1.807, 2.05) is 0 Å². The maximum Gasteiger partial charge on any atom is 0.0471 e. The van der Waals surface area contributed by atoms with Gasteiger partial charge in [0.2, 0.25) is 0 Å². The first-order valence-electron chi connectivity index (χ1n) is 3.10. The molecule has 1 fully saturated rings. The van der Waals surface area contributed by atoms with Crippen LogP contribution in [0.25, 0.3) is 0 Å². The molecule has 0 aromatic carbocycles. The summed E-state index contributed by atoms with van der Waals surface area (Å²) in [5, 5.41) is 8.70. The number of aliphatic hydroxyl groups excluding tert-OH is 1. The van der Waals surface area contributed by atoms with Crippen LogP contribution in [0.2, 0.25) is 0 Å². The molecule has 50 valence electrons. The lowest BCUT2D eigenvalue weighted by molar-refractivity contribution is 0.125. The summed E-state index contributed by atoms with van der Waals surface area (Å²) >= 11 is 3.04. The van der Waals surface area contributed by atoms with Crippen molar-refractivity contribution in [3.63, 3.8) is 0 Å². The third-order valence-electron chi connectivity index (χ3n) is 1.89. The van der Waals surface area contributed by atoms with E-state index in [2.05, 4.69) is 26.7 Å². The molecule has 0 aliphatic heterocycles. The highest BCUT2D eigenvalue weighted by Crippen LogP contribution is 2.32. The minimum Gasteiger partial charge on any atom is -0.396 e. The van der Waals surface area contributed by atoms with Crippen LogP contribution in [0.15, 0.2) is 0 Å². The van der Waals surface area contributed by atoms with Crippen LogP contribution in [-0.4, -0.2) is 11.7 Å². The van der Waals surface area contributed by atoms with Gasteiger partial charge in [-0.05, 0) is 23.6 Å².